The number of aliphatic carboxylic acids is 1. The second-order valence-corrected chi connectivity index (χ2v) is 3.02. The summed E-state index contributed by atoms with van der Waals surface area (Å²) in [5.41, 5.74) is -0.0389. The molecule has 2 N–H and O–H groups in total. The second kappa shape index (κ2) is 5.22. The van der Waals surface area contributed by atoms with Gasteiger partial charge >= 0.3 is 0 Å². The number of anilines is 1. The highest BCUT2D eigenvalue weighted by Crippen LogP contribution is 2.18. The first-order valence-corrected chi connectivity index (χ1v) is 4.42. The molecule has 1 amide bonds. The quantitative estimate of drug-likeness (QED) is 0.670. The number of carboxylic acid groups (broad SMARTS) is 1. The molecule has 86 valence electrons. The SMILES string of the molecule is O=C([O-])CC(=O)Nc1cccc(F)c1CO. The first-order chi connectivity index (χ1) is 7.54. The molecule has 5 nitrogen and oxygen atoms in total. The molecule has 0 saturated heterocycles. The van der Waals surface area contributed by atoms with Gasteiger partial charge in [0.05, 0.1) is 19.0 Å². The summed E-state index contributed by atoms with van der Waals surface area (Å²) in [6.45, 7) is -0.590. The number of benzene rings is 1. The van der Waals surface area contributed by atoms with Crippen LogP contribution < -0.4 is 10.4 Å². The maximum absolute atomic E-state index is 13.1. The topological polar surface area (TPSA) is 89.5 Å². The number of carboxylic acids is 1. The number of aliphatic hydroxyl groups excluding tert-OH is 1. The molecular formula is C10H9FNO4-. The van der Waals surface area contributed by atoms with Crippen LogP contribution >= 0.6 is 0 Å². The van der Waals surface area contributed by atoms with Crippen LogP contribution in [0.5, 0.6) is 0 Å². The molecule has 0 aliphatic carbocycles. The van der Waals surface area contributed by atoms with Crippen molar-refractivity contribution in [2.45, 2.75) is 13.0 Å². The van der Waals surface area contributed by atoms with E-state index >= 15 is 0 Å². The van der Waals surface area contributed by atoms with Crippen molar-refractivity contribution in [3.05, 3.63) is 29.6 Å². The molecule has 0 heterocycles. The lowest BCUT2D eigenvalue weighted by molar-refractivity contribution is -0.304. The van der Waals surface area contributed by atoms with Gasteiger partial charge in [-0.15, -0.1) is 0 Å². The van der Waals surface area contributed by atoms with Crippen LogP contribution in [0.4, 0.5) is 10.1 Å². The van der Waals surface area contributed by atoms with Crippen molar-refractivity contribution in [2.24, 2.45) is 0 Å². The Morgan fingerprint density at radius 1 is 1.44 bits per heavy atom. The Labute approximate surface area is 90.5 Å². The van der Waals surface area contributed by atoms with Gasteiger partial charge in [0.25, 0.3) is 0 Å². The van der Waals surface area contributed by atoms with Gasteiger partial charge in [-0.25, -0.2) is 4.39 Å². The van der Waals surface area contributed by atoms with Crippen molar-refractivity contribution in [1.82, 2.24) is 0 Å². The third kappa shape index (κ3) is 3.03. The Morgan fingerprint density at radius 3 is 2.69 bits per heavy atom. The van der Waals surface area contributed by atoms with E-state index in [1.807, 2.05) is 0 Å². The molecule has 0 fully saturated rings. The highest BCUT2D eigenvalue weighted by Gasteiger charge is 2.10. The Kier molecular flexibility index (Phi) is 3.96. The zero-order chi connectivity index (χ0) is 12.1. The van der Waals surface area contributed by atoms with Crippen molar-refractivity contribution in [2.75, 3.05) is 5.32 Å². The lowest BCUT2D eigenvalue weighted by Gasteiger charge is -2.10. The summed E-state index contributed by atoms with van der Waals surface area (Å²) < 4.78 is 13.1. The van der Waals surface area contributed by atoms with Gasteiger partial charge in [-0.05, 0) is 12.1 Å². The number of hydrogen-bond acceptors (Lipinski definition) is 4. The first kappa shape index (κ1) is 12.1. The molecule has 0 spiro atoms. The van der Waals surface area contributed by atoms with Crippen LogP contribution in [0.1, 0.15) is 12.0 Å². The molecule has 16 heavy (non-hydrogen) atoms. The summed E-state index contributed by atoms with van der Waals surface area (Å²) in [5, 5.41) is 21.2. The molecular weight excluding hydrogens is 217 g/mol. The Morgan fingerprint density at radius 2 is 2.12 bits per heavy atom. The lowest BCUT2D eigenvalue weighted by Crippen LogP contribution is -2.28. The number of rotatable bonds is 4. The molecule has 0 bridgehead atoms. The monoisotopic (exact) mass is 226 g/mol. The minimum Gasteiger partial charge on any atom is -0.550 e. The first-order valence-electron chi connectivity index (χ1n) is 4.42. The van der Waals surface area contributed by atoms with E-state index in [1.165, 1.54) is 12.1 Å². The summed E-state index contributed by atoms with van der Waals surface area (Å²) >= 11 is 0. The van der Waals surface area contributed by atoms with Gasteiger partial charge in [0.2, 0.25) is 5.91 Å². The van der Waals surface area contributed by atoms with Crippen LogP contribution in [0.15, 0.2) is 18.2 Å². The van der Waals surface area contributed by atoms with Gasteiger partial charge in [0.15, 0.2) is 0 Å². The predicted octanol–water partition coefficient (Wildman–Crippen LogP) is -0.604. The zero-order valence-corrected chi connectivity index (χ0v) is 8.20. The number of nitrogens with one attached hydrogen (secondary N) is 1. The predicted molar refractivity (Wildman–Crippen MR) is 50.6 cm³/mol. The molecule has 6 heteroatoms. The van der Waals surface area contributed by atoms with Crippen LogP contribution in [-0.4, -0.2) is 17.0 Å². The van der Waals surface area contributed by atoms with Gasteiger partial charge in [0.1, 0.15) is 5.82 Å². The molecule has 0 atom stereocenters. The van der Waals surface area contributed by atoms with E-state index in [9.17, 15) is 19.1 Å². The van der Waals surface area contributed by atoms with Gasteiger partial charge < -0.3 is 20.3 Å². The average Bonchev–Trinajstić information content (AvgIpc) is 2.16. The lowest BCUT2D eigenvalue weighted by atomic mass is 10.1. The second-order valence-electron chi connectivity index (χ2n) is 3.02. The Hall–Kier alpha value is -1.95. The average molecular weight is 226 g/mol. The van der Waals surface area contributed by atoms with Crippen molar-refractivity contribution >= 4 is 17.6 Å². The highest BCUT2D eigenvalue weighted by atomic mass is 19.1. The number of hydrogen-bond donors (Lipinski definition) is 2. The smallest absolute Gasteiger partial charge is 0.230 e. The fraction of sp³-hybridized carbons (Fsp3) is 0.200. The number of halogens is 1. The zero-order valence-electron chi connectivity index (χ0n) is 8.20. The van der Waals surface area contributed by atoms with E-state index in [0.29, 0.717) is 0 Å². The van der Waals surface area contributed by atoms with Crippen molar-refractivity contribution in [3.63, 3.8) is 0 Å². The number of carbonyl (C=O) groups is 2. The number of amides is 1. The van der Waals surface area contributed by atoms with Gasteiger partial charge in [-0.1, -0.05) is 6.07 Å². The fourth-order valence-corrected chi connectivity index (χ4v) is 1.16. The molecule has 0 aliphatic heterocycles. The Balaban J connectivity index is 2.84. The third-order valence-electron chi connectivity index (χ3n) is 1.86. The van der Waals surface area contributed by atoms with Gasteiger partial charge in [-0.2, -0.15) is 0 Å². The van der Waals surface area contributed by atoms with E-state index < -0.39 is 30.7 Å². The number of carbonyl (C=O) groups excluding carboxylic acids is 2. The molecule has 1 aromatic rings. The van der Waals surface area contributed by atoms with Crippen LogP contribution in [-0.2, 0) is 16.2 Å². The largest absolute Gasteiger partial charge is 0.550 e. The van der Waals surface area contributed by atoms with Gasteiger partial charge in [0, 0.05) is 11.3 Å². The summed E-state index contributed by atoms with van der Waals surface area (Å²) in [6.07, 6.45) is -0.818. The summed E-state index contributed by atoms with van der Waals surface area (Å²) in [5.74, 6) is -3.03. The van der Waals surface area contributed by atoms with Crippen LogP contribution in [0.3, 0.4) is 0 Å². The minimum atomic E-state index is -1.53. The van der Waals surface area contributed by atoms with E-state index in [1.54, 1.807) is 0 Å². The van der Waals surface area contributed by atoms with Crippen molar-refractivity contribution < 1.29 is 24.2 Å². The molecule has 0 aliphatic rings. The molecule has 1 aromatic carbocycles. The summed E-state index contributed by atoms with van der Waals surface area (Å²) in [4.78, 5) is 21.2. The summed E-state index contributed by atoms with van der Waals surface area (Å²) in [7, 11) is 0. The highest BCUT2D eigenvalue weighted by molar-refractivity contribution is 6.01. The molecule has 0 radical (unpaired) electrons. The minimum absolute atomic E-state index is 0.0498. The maximum atomic E-state index is 13.1. The van der Waals surface area contributed by atoms with E-state index in [-0.39, 0.29) is 11.3 Å². The van der Waals surface area contributed by atoms with E-state index in [0.717, 1.165) is 6.07 Å². The maximum Gasteiger partial charge on any atom is 0.230 e. The standard InChI is InChI=1S/C10H10FNO4/c11-7-2-1-3-8(6(7)5-13)12-9(14)4-10(15)16/h1-3,13H,4-5H2,(H,12,14)(H,15,16)/p-1. The summed E-state index contributed by atoms with van der Waals surface area (Å²) in [6, 6.07) is 3.82. The van der Waals surface area contributed by atoms with Crippen LogP contribution in [0.25, 0.3) is 0 Å². The normalized spacial score (nSPS) is 9.88. The molecule has 1 rings (SSSR count). The number of aliphatic hydroxyl groups is 1. The van der Waals surface area contributed by atoms with Crippen molar-refractivity contribution in [1.29, 1.82) is 0 Å². The third-order valence-corrected chi connectivity index (χ3v) is 1.86. The van der Waals surface area contributed by atoms with Crippen LogP contribution in [0.2, 0.25) is 0 Å². The van der Waals surface area contributed by atoms with Gasteiger partial charge in [-0.3, -0.25) is 4.79 Å². The fourth-order valence-electron chi connectivity index (χ4n) is 1.16. The van der Waals surface area contributed by atoms with Crippen LogP contribution in [0, 0.1) is 5.82 Å². The molecule has 0 unspecified atom stereocenters. The molecule has 0 saturated carbocycles. The Bertz CT molecular complexity index is 419. The van der Waals surface area contributed by atoms with E-state index in [2.05, 4.69) is 5.32 Å². The van der Waals surface area contributed by atoms with Crippen molar-refractivity contribution in [3.8, 4) is 0 Å². The molecule has 0 aromatic heterocycles. The van der Waals surface area contributed by atoms with E-state index in [4.69, 9.17) is 5.11 Å².